The van der Waals surface area contributed by atoms with Gasteiger partial charge < -0.3 is 14.6 Å². The highest BCUT2D eigenvalue weighted by Gasteiger charge is 2.13. The molecule has 1 unspecified atom stereocenters. The third-order valence-electron chi connectivity index (χ3n) is 4.45. The minimum absolute atomic E-state index is 0.0600. The molecule has 0 amide bonds. The fourth-order valence-corrected chi connectivity index (χ4v) is 3.67. The summed E-state index contributed by atoms with van der Waals surface area (Å²) >= 11 is 1.77. The lowest BCUT2D eigenvalue weighted by atomic mass is 9.97. The van der Waals surface area contributed by atoms with Gasteiger partial charge in [-0.2, -0.15) is 11.8 Å². The number of nitrogens with zero attached hydrogens (tertiary/aromatic N) is 3. The summed E-state index contributed by atoms with van der Waals surface area (Å²) in [6, 6.07) is 7.88. The lowest BCUT2D eigenvalue weighted by molar-refractivity contribution is 0.344. The van der Waals surface area contributed by atoms with Gasteiger partial charge in [-0.1, -0.05) is 13.0 Å². The maximum absolute atomic E-state index is 12.4. The summed E-state index contributed by atoms with van der Waals surface area (Å²) < 4.78 is 5.80. The molecule has 3 aromatic rings. The molecule has 0 aliphatic carbocycles. The van der Waals surface area contributed by atoms with Crippen molar-refractivity contribution in [2.24, 2.45) is 0 Å². The van der Waals surface area contributed by atoms with E-state index < -0.39 is 0 Å². The topological polar surface area (TPSA) is 87.1 Å². The molecule has 1 atom stereocenters. The molecule has 154 valence electrons. The van der Waals surface area contributed by atoms with Gasteiger partial charge in [-0.25, -0.2) is 4.98 Å². The second kappa shape index (κ2) is 10.3. The van der Waals surface area contributed by atoms with Crippen LogP contribution in [-0.4, -0.2) is 46.2 Å². The Labute approximate surface area is 175 Å². The molecule has 0 fully saturated rings. The third kappa shape index (κ3) is 6.20. The van der Waals surface area contributed by atoms with Crippen LogP contribution in [0, 0.1) is 0 Å². The maximum atomic E-state index is 12.4. The molecule has 0 bridgehead atoms. The van der Waals surface area contributed by atoms with Crippen molar-refractivity contribution in [3.8, 4) is 0 Å². The summed E-state index contributed by atoms with van der Waals surface area (Å²) in [7, 11) is 4.04. The molecule has 8 heteroatoms. The van der Waals surface area contributed by atoms with Crippen LogP contribution in [0.3, 0.4) is 0 Å². The van der Waals surface area contributed by atoms with Crippen LogP contribution >= 0.6 is 11.8 Å². The van der Waals surface area contributed by atoms with Crippen molar-refractivity contribution >= 4 is 17.7 Å². The Morgan fingerprint density at radius 2 is 2.07 bits per heavy atom. The Hall–Kier alpha value is -2.58. The number of hydrogen-bond acceptors (Lipinski definition) is 7. The number of anilines is 1. The number of nitrogens with one attached hydrogen (secondary N) is 2. The van der Waals surface area contributed by atoms with Crippen LogP contribution in [0.25, 0.3) is 0 Å². The number of aromatic amines is 1. The largest absolute Gasteiger partial charge is 0.464 e. The van der Waals surface area contributed by atoms with Gasteiger partial charge in [0.1, 0.15) is 11.5 Å². The number of rotatable bonds is 10. The molecular weight excluding hydrogens is 386 g/mol. The van der Waals surface area contributed by atoms with Gasteiger partial charge in [0.2, 0.25) is 5.95 Å². The lowest BCUT2D eigenvalue weighted by Gasteiger charge is -2.11. The maximum Gasteiger partial charge on any atom is 0.256 e. The zero-order valence-corrected chi connectivity index (χ0v) is 17.8. The van der Waals surface area contributed by atoms with E-state index in [0.717, 1.165) is 35.1 Å². The van der Waals surface area contributed by atoms with Crippen molar-refractivity contribution < 1.29 is 4.42 Å². The van der Waals surface area contributed by atoms with Crippen LogP contribution in [0.15, 0.2) is 52.1 Å². The molecule has 0 radical (unpaired) electrons. The van der Waals surface area contributed by atoms with Gasteiger partial charge in [-0.3, -0.25) is 14.8 Å². The van der Waals surface area contributed by atoms with E-state index in [4.69, 9.17) is 4.42 Å². The Morgan fingerprint density at radius 3 is 2.79 bits per heavy atom. The van der Waals surface area contributed by atoms with Gasteiger partial charge in [-0.15, -0.1) is 0 Å². The van der Waals surface area contributed by atoms with Gasteiger partial charge in [-0.05, 0) is 37.9 Å². The Bertz CT molecular complexity index is 955. The summed E-state index contributed by atoms with van der Waals surface area (Å²) in [5.41, 5.74) is 1.49. The molecule has 3 rings (SSSR count). The lowest BCUT2D eigenvalue weighted by Crippen LogP contribution is -2.19. The minimum atomic E-state index is -0.129. The fraction of sp³-hybridized carbons (Fsp3) is 0.381. The Balaban J connectivity index is 1.45. The summed E-state index contributed by atoms with van der Waals surface area (Å²) in [6.45, 7) is 3.49. The summed E-state index contributed by atoms with van der Waals surface area (Å²) in [5, 5.41) is 3.17. The Morgan fingerprint density at radius 1 is 1.24 bits per heavy atom. The van der Waals surface area contributed by atoms with E-state index >= 15 is 0 Å². The highest BCUT2D eigenvalue weighted by Crippen LogP contribution is 2.20. The van der Waals surface area contributed by atoms with E-state index in [-0.39, 0.29) is 11.5 Å². The number of thioether (sulfide) groups is 1. The molecule has 0 saturated carbocycles. The molecule has 0 aliphatic heterocycles. The van der Waals surface area contributed by atoms with Crippen molar-refractivity contribution in [3.63, 3.8) is 0 Å². The summed E-state index contributed by atoms with van der Waals surface area (Å²) in [6.07, 6.45) is 5.13. The van der Waals surface area contributed by atoms with Crippen molar-refractivity contribution in [1.29, 1.82) is 0 Å². The minimum Gasteiger partial charge on any atom is -0.464 e. The zero-order chi connectivity index (χ0) is 20.6. The van der Waals surface area contributed by atoms with Crippen LogP contribution < -0.4 is 10.9 Å². The van der Waals surface area contributed by atoms with E-state index in [0.29, 0.717) is 18.1 Å². The molecule has 0 aliphatic rings. The van der Waals surface area contributed by atoms with Gasteiger partial charge >= 0.3 is 0 Å². The molecule has 7 nitrogen and oxygen atoms in total. The monoisotopic (exact) mass is 413 g/mol. The SMILES string of the molecule is CC(c1cccnc1)c1cnc(NCCSCc2ccc(CN(C)C)o2)[nH]c1=O. The normalized spacial score (nSPS) is 12.3. The smallest absolute Gasteiger partial charge is 0.256 e. The molecule has 3 heterocycles. The second-order valence-corrected chi connectivity index (χ2v) is 8.21. The quantitative estimate of drug-likeness (QED) is 0.493. The van der Waals surface area contributed by atoms with E-state index in [1.807, 2.05) is 45.3 Å². The van der Waals surface area contributed by atoms with Gasteiger partial charge in [0, 0.05) is 42.4 Å². The number of H-pyrrole nitrogens is 1. The zero-order valence-electron chi connectivity index (χ0n) is 17.0. The molecule has 29 heavy (non-hydrogen) atoms. The summed E-state index contributed by atoms with van der Waals surface area (Å²) in [5.74, 6) is 4.08. The average molecular weight is 414 g/mol. The molecule has 3 aromatic heterocycles. The average Bonchev–Trinajstić information content (AvgIpc) is 3.14. The summed E-state index contributed by atoms with van der Waals surface area (Å²) in [4.78, 5) is 25.8. The predicted octanol–water partition coefficient (Wildman–Crippen LogP) is 3.32. The van der Waals surface area contributed by atoms with E-state index in [2.05, 4.69) is 25.2 Å². The molecule has 2 N–H and O–H groups in total. The number of hydrogen-bond donors (Lipinski definition) is 2. The third-order valence-corrected chi connectivity index (χ3v) is 5.43. The van der Waals surface area contributed by atoms with Crippen molar-refractivity contribution in [1.82, 2.24) is 19.9 Å². The molecule has 0 saturated heterocycles. The standard InChI is InChI=1S/C21H27N5O2S/c1-15(16-5-4-8-22-11-16)19-12-24-21(25-20(19)27)23-9-10-29-14-18-7-6-17(28-18)13-26(2)3/h4-8,11-12,15H,9-10,13-14H2,1-3H3,(H2,23,24,25,27). The van der Waals surface area contributed by atoms with Crippen molar-refractivity contribution in [3.05, 3.63) is 75.9 Å². The molecule has 0 aromatic carbocycles. The van der Waals surface area contributed by atoms with Crippen LogP contribution in [0.4, 0.5) is 5.95 Å². The van der Waals surface area contributed by atoms with E-state index in [1.165, 1.54) is 0 Å². The van der Waals surface area contributed by atoms with Crippen molar-refractivity contribution in [2.45, 2.75) is 25.1 Å². The second-order valence-electron chi connectivity index (χ2n) is 7.11. The fourth-order valence-electron chi connectivity index (χ4n) is 2.93. The van der Waals surface area contributed by atoms with Crippen LogP contribution in [0.1, 0.15) is 35.5 Å². The van der Waals surface area contributed by atoms with E-state index in [1.54, 1.807) is 30.4 Å². The van der Waals surface area contributed by atoms with Crippen LogP contribution in [-0.2, 0) is 12.3 Å². The first-order chi connectivity index (χ1) is 14.0. The molecule has 0 spiro atoms. The van der Waals surface area contributed by atoms with Crippen LogP contribution in [0.2, 0.25) is 0 Å². The first kappa shape index (κ1) is 21.1. The highest BCUT2D eigenvalue weighted by molar-refractivity contribution is 7.98. The van der Waals surface area contributed by atoms with Gasteiger partial charge in [0.25, 0.3) is 5.56 Å². The number of pyridine rings is 1. The van der Waals surface area contributed by atoms with E-state index in [9.17, 15) is 4.79 Å². The first-order valence-electron chi connectivity index (χ1n) is 9.56. The van der Waals surface area contributed by atoms with Crippen molar-refractivity contribution in [2.75, 3.05) is 31.7 Å². The highest BCUT2D eigenvalue weighted by atomic mass is 32.2. The number of furan rings is 1. The predicted molar refractivity (Wildman–Crippen MR) is 117 cm³/mol. The van der Waals surface area contributed by atoms with Gasteiger partial charge in [0.05, 0.1) is 12.3 Å². The van der Waals surface area contributed by atoms with Gasteiger partial charge in [0.15, 0.2) is 0 Å². The number of aromatic nitrogens is 3. The molecular formula is C21H27N5O2S. The van der Waals surface area contributed by atoms with Crippen LogP contribution in [0.5, 0.6) is 0 Å². The first-order valence-corrected chi connectivity index (χ1v) is 10.7. The Kier molecular flexibility index (Phi) is 7.48.